The predicted octanol–water partition coefficient (Wildman–Crippen LogP) is 0.661. The first kappa shape index (κ1) is 9.54. The number of hydrogen-bond acceptors (Lipinski definition) is 4. The number of aliphatic hydroxyl groups excluding tert-OH is 1. The number of hydrogen-bond donors (Lipinski definition) is 3. The van der Waals surface area contributed by atoms with E-state index < -0.39 is 11.9 Å². The maximum Gasteiger partial charge on any atom is 0.194 e. The fourth-order valence-corrected chi connectivity index (χ4v) is 0.953. The minimum absolute atomic E-state index is 0.00722. The molecule has 0 heterocycles. The summed E-state index contributed by atoms with van der Waals surface area (Å²) in [5.41, 5.74) is 0.00722. The van der Waals surface area contributed by atoms with Gasteiger partial charge in [0.05, 0.1) is 5.56 Å². The molecule has 0 fully saturated rings. The fraction of sp³-hybridized carbons (Fsp3) is 0.222. The van der Waals surface area contributed by atoms with Crippen LogP contribution in [0.5, 0.6) is 11.5 Å². The summed E-state index contributed by atoms with van der Waals surface area (Å²) < 4.78 is 0. The first-order chi connectivity index (χ1) is 6.02. The van der Waals surface area contributed by atoms with Gasteiger partial charge in [0.25, 0.3) is 0 Å². The molecule has 0 aliphatic heterocycles. The third-order valence-corrected chi connectivity index (χ3v) is 1.63. The summed E-state index contributed by atoms with van der Waals surface area (Å²) in [7, 11) is 0. The van der Waals surface area contributed by atoms with Crippen LogP contribution in [0.4, 0.5) is 0 Å². The third-order valence-electron chi connectivity index (χ3n) is 1.63. The molecule has 1 atom stereocenters. The van der Waals surface area contributed by atoms with E-state index in [2.05, 4.69) is 0 Å². The summed E-state index contributed by atoms with van der Waals surface area (Å²) in [6.45, 7) is 1.31. The van der Waals surface area contributed by atoms with Gasteiger partial charge >= 0.3 is 0 Å². The standard InChI is InChI=1S/C9H10O4/c1-5(10)9(13)7-3-2-6(11)4-8(7)12/h2-5,10-12H,1H3. The Kier molecular flexibility index (Phi) is 2.53. The summed E-state index contributed by atoms with van der Waals surface area (Å²) >= 11 is 0. The lowest BCUT2D eigenvalue weighted by atomic mass is 10.1. The number of phenols is 2. The Labute approximate surface area is 75.1 Å². The number of aromatic hydroxyl groups is 2. The van der Waals surface area contributed by atoms with Crippen molar-refractivity contribution in [1.82, 2.24) is 0 Å². The molecule has 0 saturated heterocycles. The van der Waals surface area contributed by atoms with Crippen LogP contribution in [-0.2, 0) is 0 Å². The molecule has 13 heavy (non-hydrogen) atoms. The van der Waals surface area contributed by atoms with Crippen molar-refractivity contribution in [2.24, 2.45) is 0 Å². The van der Waals surface area contributed by atoms with Gasteiger partial charge in [0, 0.05) is 6.07 Å². The van der Waals surface area contributed by atoms with Crippen molar-refractivity contribution in [3.05, 3.63) is 23.8 Å². The summed E-state index contributed by atoms with van der Waals surface area (Å²) in [6.07, 6.45) is -1.16. The minimum atomic E-state index is -1.16. The summed E-state index contributed by atoms with van der Waals surface area (Å²) in [5.74, 6) is -1.02. The number of phenolic OH excluding ortho intramolecular Hbond substituents is 2. The van der Waals surface area contributed by atoms with E-state index in [9.17, 15) is 9.90 Å². The van der Waals surface area contributed by atoms with E-state index in [1.807, 2.05) is 0 Å². The van der Waals surface area contributed by atoms with Gasteiger partial charge in [-0.25, -0.2) is 0 Å². The SMILES string of the molecule is CC(O)C(=O)c1ccc(O)cc1O. The summed E-state index contributed by atoms with van der Waals surface area (Å²) in [6, 6.07) is 3.59. The monoisotopic (exact) mass is 182 g/mol. The molecule has 0 radical (unpaired) electrons. The number of benzene rings is 1. The molecule has 0 aliphatic rings. The molecule has 0 aliphatic carbocycles. The quantitative estimate of drug-likeness (QED) is 0.587. The molecule has 1 aromatic rings. The van der Waals surface area contributed by atoms with Crippen molar-refractivity contribution in [1.29, 1.82) is 0 Å². The molecule has 0 bridgehead atoms. The summed E-state index contributed by atoms with van der Waals surface area (Å²) in [4.78, 5) is 11.2. The molecular formula is C9H10O4. The molecule has 1 rings (SSSR count). The molecule has 0 aromatic heterocycles. The molecule has 0 saturated carbocycles. The second-order valence-electron chi connectivity index (χ2n) is 2.74. The van der Waals surface area contributed by atoms with Crippen LogP contribution in [0.3, 0.4) is 0 Å². The van der Waals surface area contributed by atoms with Crippen LogP contribution < -0.4 is 0 Å². The van der Waals surface area contributed by atoms with Gasteiger partial charge in [0.15, 0.2) is 5.78 Å². The normalized spacial score (nSPS) is 12.5. The Hall–Kier alpha value is -1.55. The Bertz CT molecular complexity index is 330. The average Bonchev–Trinajstić information content (AvgIpc) is 2.03. The second-order valence-corrected chi connectivity index (χ2v) is 2.74. The zero-order chi connectivity index (χ0) is 10.0. The highest BCUT2D eigenvalue weighted by atomic mass is 16.3. The molecule has 3 N–H and O–H groups in total. The highest BCUT2D eigenvalue weighted by Gasteiger charge is 2.15. The van der Waals surface area contributed by atoms with Gasteiger partial charge in [0.1, 0.15) is 17.6 Å². The molecule has 1 aromatic carbocycles. The molecule has 4 nitrogen and oxygen atoms in total. The van der Waals surface area contributed by atoms with Crippen molar-refractivity contribution in [3.8, 4) is 11.5 Å². The van der Waals surface area contributed by atoms with E-state index >= 15 is 0 Å². The molecule has 0 spiro atoms. The third kappa shape index (κ3) is 1.97. The van der Waals surface area contributed by atoms with E-state index in [1.165, 1.54) is 19.1 Å². The van der Waals surface area contributed by atoms with E-state index in [-0.39, 0.29) is 17.1 Å². The lowest BCUT2D eigenvalue weighted by Gasteiger charge is -2.05. The Balaban J connectivity index is 3.09. The maximum absolute atomic E-state index is 11.2. The lowest BCUT2D eigenvalue weighted by molar-refractivity contribution is 0.0776. The van der Waals surface area contributed by atoms with Crippen LogP contribution in [0.25, 0.3) is 0 Å². The summed E-state index contributed by atoms with van der Waals surface area (Å²) in [5, 5.41) is 27.1. The van der Waals surface area contributed by atoms with Crippen LogP contribution in [0.1, 0.15) is 17.3 Å². The number of carbonyl (C=O) groups is 1. The molecule has 4 heteroatoms. The van der Waals surface area contributed by atoms with Gasteiger partial charge in [-0.1, -0.05) is 0 Å². The zero-order valence-electron chi connectivity index (χ0n) is 7.06. The van der Waals surface area contributed by atoms with E-state index in [0.29, 0.717) is 0 Å². The van der Waals surface area contributed by atoms with Crippen LogP contribution >= 0.6 is 0 Å². The van der Waals surface area contributed by atoms with Gasteiger partial charge in [0.2, 0.25) is 0 Å². The average molecular weight is 182 g/mol. The minimum Gasteiger partial charge on any atom is -0.508 e. The van der Waals surface area contributed by atoms with Crippen LogP contribution in [0.15, 0.2) is 18.2 Å². The Morgan fingerprint density at radius 2 is 2.00 bits per heavy atom. The zero-order valence-corrected chi connectivity index (χ0v) is 7.06. The van der Waals surface area contributed by atoms with Crippen molar-refractivity contribution < 1.29 is 20.1 Å². The smallest absolute Gasteiger partial charge is 0.194 e. The van der Waals surface area contributed by atoms with E-state index in [1.54, 1.807) is 0 Å². The van der Waals surface area contributed by atoms with Gasteiger partial charge in [-0.05, 0) is 19.1 Å². The molecular weight excluding hydrogens is 172 g/mol. The molecule has 70 valence electrons. The number of rotatable bonds is 2. The molecule has 0 amide bonds. The van der Waals surface area contributed by atoms with Crippen LogP contribution in [0.2, 0.25) is 0 Å². The number of carbonyl (C=O) groups excluding carboxylic acids is 1. The van der Waals surface area contributed by atoms with Gasteiger partial charge in [-0.2, -0.15) is 0 Å². The van der Waals surface area contributed by atoms with E-state index in [4.69, 9.17) is 10.2 Å². The maximum atomic E-state index is 11.2. The van der Waals surface area contributed by atoms with Crippen molar-refractivity contribution >= 4 is 5.78 Å². The fourth-order valence-electron chi connectivity index (χ4n) is 0.953. The first-order valence-electron chi connectivity index (χ1n) is 3.76. The largest absolute Gasteiger partial charge is 0.508 e. The van der Waals surface area contributed by atoms with Gasteiger partial charge in [-0.15, -0.1) is 0 Å². The topological polar surface area (TPSA) is 77.8 Å². The van der Waals surface area contributed by atoms with Gasteiger partial charge < -0.3 is 15.3 Å². The second kappa shape index (κ2) is 3.45. The van der Waals surface area contributed by atoms with Crippen molar-refractivity contribution in [2.45, 2.75) is 13.0 Å². The predicted molar refractivity (Wildman–Crippen MR) is 45.8 cm³/mol. The van der Waals surface area contributed by atoms with Crippen molar-refractivity contribution in [2.75, 3.05) is 0 Å². The van der Waals surface area contributed by atoms with Crippen LogP contribution in [-0.4, -0.2) is 27.2 Å². The number of ketones is 1. The van der Waals surface area contributed by atoms with Crippen molar-refractivity contribution in [3.63, 3.8) is 0 Å². The number of Topliss-reactive ketones (excluding diaryl/α,β-unsaturated/α-hetero) is 1. The highest BCUT2D eigenvalue weighted by Crippen LogP contribution is 2.23. The Morgan fingerprint density at radius 3 is 2.46 bits per heavy atom. The van der Waals surface area contributed by atoms with Gasteiger partial charge in [-0.3, -0.25) is 4.79 Å². The van der Waals surface area contributed by atoms with E-state index in [0.717, 1.165) is 6.07 Å². The number of aliphatic hydroxyl groups is 1. The Morgan fingerprint density at radius 1 is 1.38 bits per heavy atom. The first-order valence-corrected chi connectivity index (χ1v) is 3.76. The molecule has 1 unspecified atom stereocenters. The van der Waals surface area contributed by atoms with Crippen LogP contribution in [0, 0.1) is 0 Å². The lowest BCUT2D eigenvalue weighted by Crippen LogP contribution is -2.15. The highest BCUT2D eigenvalue weighted by molar-refractivity contribution is 6.01.